The molecule has 23 heavy (non-hydrogen) atoms. The molecule has 1 heterocycles. The van der Waals surface area contributed by atoms with Crippen LogP contribution >= 0.6 is 0 Å². The van der Waals surface area contributed by atoms with Crippen molar-refractivity contribution in [3.63, 3.8) is 0 Å². The second-order valence-electron chi connectivity index (χ2n) is 5.88. The molecule has 0 saturated heterocycles. The SMILES string of the molecule is N#Cc1ccc2ccc(=O)n([C@H]3CC[C@H](NC(=O)O)CC3)c2c1. The largest absolute Gasteiger partial charge is 0.465 e. The summed E-state index contributed by atoms with van der Waals surface area (Å²) < 4.78 is 1.76. The summed E-state index contributed by atoms with van der Waals surface area (Å²) in [5, 5.41) is 21.3. The minimum absolute atomic E-state index is 0.0342. The third kappa shape index (κ3) is 3.04. The van der Waals surface area contributed by atoms with Crippen LogP contribution in [0.15, 0.2) is 35.1 Å². The number of benzene rings is 1. The standard InChI is InChI=1S/C17H17N3O3/c18-10-11-1-2-12-3-8-16(21)20(15(12)9-11)14-6-4-13(5-7-14)19-17(22)23/h1-3,8-9,13-14,19H,4-7H2,(H,22,23)/t13-,14-. The number of aromatic nitrogens is 1. The quantitative estimate of drug-likeness (QED) is 0.891. The summed E-state index contributed by atoms with van der Waals surface area (Å²) in [5.74, 6) is 0. The molecule has 2 N–H and O–H groups in total. The Labute approximate surface area is 133 Å². The Hall–Kier alpha value is -2.81. The molecule has 1 saturated carbocycles. The molecule has 1 aromatic heterocycles. The van der Waals surface area contributed by atoms with Crippen LogP contribution in [0.25, 0.3) is 10.9 Å². The summed E-state index contributed by atoms with van der Waals surface area (Å²) in [7, 11) is 0. The van der Waals surface area contributed by atoms with Crippen molar-refractivity contribution < 1.29 is 9.90 Å². The fraction of sp³-hybridized carbons (Fsp3) is 0.353. The number of nitriles is 1. The van der Waals surface area contributed by atoms with E-state index in [0.29, 0.717) is 18.4 Å². The van der Waals surface area contributed by atoms with Gasteiger partial charge in [0.15, 0.2) is 0 Å². The molecule has 1 aliphatic rings. The normalized spacial score (nSPS) is 20.8. The van der Waals surface area contributed by atoms with E-state index < -0.39 is 6.09 Å². The predicted molar refractivity (Wildman–Crippen MR) is 85.4 cm³/mol. The summed E-state index contributed by atoms with van der Waals surface area (Å²) in [5.41, 5.74) is 1.21. The van der Waals surface area contributed by atoms with Gasteiger partial charge in [0.05, 0.1) is 17.1 Å². The molecule has 6 nitrogen and oxygen atoms in total. The molecule has 6 heteroatoms. The lowest BCUT2D eigenvalue weighted by Crippen LogP contribution is -2.38. The van der Waals surface area contributed by atoms with Crippen LogP contribution in [0, 0.1) is 11.3 Å². The third-order valence-corrected chi connectivity index (χ3v) is 4.45. The molecular weight excluding hydrogens is 294 g/mol. The van der Waals surface area contributed by atoms with Gasteiger partial charge >= 0.3 is 6.09 Å². The van der Waals surface area contributed by atoms with Crippen molar-refractivity contribution in [1.82, 2.24) is 9.88 Å². The number of nitrogens with one attached hydrogen (secondary N) is 1. The first-order valence-electron chi connectivity index (χ1n) is 7.63. The van der Waals surface area contributed by atoms with Crippen molar-refractivity contribution in [1.29, 1.82) is 5.26 Å². The van der Waals surface area contributed by atoms with Gasteiger partial charge in [-0.3, -0.25) is 4.79 Å². The zero-order valence-corrected chi connectivity index (χ0v) is 12.5. The average molecular weight is 311 g/mol. The summed E-state index contributed by atoms with van der Waals surface area (Å²) >= 11 is 0. The molecule has 1 aliphatic carbocycles. The van der Waals surface area contributed by atoms with Gasteiger partial charge in [-0.15, -0.1) is 0 Å². The molecule has 118 valence electrons. The second-order valence-corrected chi connectivity index (χ2v) is 5.88. The van der Waals surface area contributed by atoms with Crippen LogP contribution in [0.5, 0.6) is 0 Å². The lowest BCUT2D eigenvalue weighted by Gasteiger charge is -2.30. The van der Waals surface area contributed by atoms with Gasteiger partial charge in [0.2, 0.25) is 0 Å². The van der Waals surface area contributed by atoms with E-state index in [4.69, 9.17) is 10.4 Å². The van der Waals surface area contributed by atoms with Gasteiger partial charge in [0.1, 0.15) is 0 Å². The average Bonchev–Trinajstić information content (AvgIpc) is 2.55. The van der Waals surface area contributed by atoms with Crippen molar-refractivity contribution in [2.45, 2.75) is 37.8 Å². The maximum atomic E-state index is 12.4. The number of pyridine rings is 1. The van der Waals surface area contributed by atoms with E-state index in [1.165, 1.54) is 0 Å². The van der Waals surface area contributed by atoms with Crippen LogP contribution < -0.4 is 10.9 Å². The molecule has 1 amide bonds. The first kappa shape index (κ1) is 15.1. The second kappa shape index (κ2) is 6.13. The van der Waals surface area contributed by atoms with Crippen molar-refractivity contribution in [2.24, 2.45) is 0 Å². The Balaban J connectivity index is 1.94. The van der Waals surface area contributed by atoms with Crippen LogP contribution in [0.2, 0.25) is 0 Å². The zero-order valence-electron chi connectivity index (χ0n) is 12.5. The van der Waals surface area contributed by atoms with Crippen LogP contribution in [0.1, 0.15) is 37.3 Å². The number of nitrogens with zero attached hydrogens (tertiary/aromatic N) is 2. The molecule has 0 bridgehead atoms. The van der Waals surface area contributed by atoms with Crippen LogP contribution in [-0.2, 0) is 0 Å². The minimum Gasteiger partial charge on any atom is -0.465 e. The maximum absolute atomic E-state index is 12.4. The van der Waals surface area contributed by atoms with Crippen molar-refractivity contribution >= 4 is 17.0 Å². The summed E-state index contributed by atoms with van der Waals surface area (Å²) in [4.78, 5) is 23.1. The molecule has 0 unspecified atom stereocenters. The Morgan fingerprint density at radius 2 is 1.91 bits per heavy atom. The van der Waals surface area contributed by atoms with Crippen molar-refractivity contribution in [3.05, 3.63) is 46.2 Å². The predicted octanol–water partition coefficient (Wildman–Crippen LogP) is 2.62. The van der Waals surface area contributed by atoms with E-state index in [9.17, 15) is 9.59 Å². The van der Waals surface area contributed by atoms with Gasteiger partial charge in [-0.2, -0.15) is 5.26 Å². The van der Waals surface area contributed by atoms with Gasteiger partial charge in [-0.25, -0.2) is 4.79 Å². The van der Waals surface area contributed by atoms with Crippen LogP contribution in [0.3, 0.4) is 0 Å². The molecule has 0 aliphatic heterocycles. The number of carbonyl (C=O) groups is 1. The topological polar surface area (TPSA) is 95.1 Å². The summed E-state index contributed by atoms with van der Waals surface area (Å²) in [6, 6.07) is 10.7. The van der Waals surface area contributed by atoms with Gasteiger partial charge in [-0.1, -0.05) is 6.07 Å². The third-order valence-electron chi connectivity index (χ3n) is 4.45. The molecule has 3 rings (SSSR count). The molecule has 1 aromatic carbocycles. The number of amides is 1. The Morgan fingerprint density at radius 3 is 2.57 bits per heavy atom. The van der Waals surface area contributed by atoms with Gasteiger partial charge in [0, 0.05) is 18.2 Å². The van der Waals surface area contributed by atoms with Crippen molar-refractivity contribution in [2.75, 3.05) is 0 Å². The lowest BCUT2D eigenvalue weighted by atomic mass is 9.90. The minimum atomic E-state index is -1.01. The fourth-order valence-electron chi connectivity index (χ4n) is 3.35. The first-order valence-corrected chi connectivity index (χ1v) is 7.63. The molecule has 0 atom stereocenters. The van der Waals surface area contributed by atoms with Gasteiger partial charge in [-0.05, 0) is 49.3 Å². The van der Waals surface area contributed by atoms with Crippen molar-refractivity contribution in [3.8, 4) is 6.07 Å². The van der Waals surface area contributed by atoms with E-state index in [-0.39, 0.29) is 17.6 Å². The van der Waals surface area contributed by atoms with E-state index in [2.05, 4.69) is 11.4 Å². The summed E-state index contributed by atoms with van der Waals surface area (Å²) in [6.45, 7) is 0. The Bertz CT molecular complexity index is 842. The molecule has 0 radical (unpaired) electrons. The highest BCUT2D eigenvalue weighted by Crippen LogP contribution is 2.30. The highest BCUT2D eigenvalue weighted by molar-refractivity contribution is 5.80. The summed E-state index contributed by atoms with van der Waals surface area (Å²) in [6.07, 6.45) is 1.88. The van der Waals surface area contributed by atoms with Crippen LogP contribution in [0.4, 0.5) is 4.79 Å². The number of carboxylic acid groups (broad SMARTS) is 1. The Morgan fingerprint density at radius 1 is 1.22 bits per heavy atom. The number of fused-ring (bicyclic) bond motifs is 1. The lowest BCUT2D eigenvalue weighted by molar-refractivity contribution is 0.182. The first-order chi connectivity index (χ1) is 11.1. The van der Waals surface area contributed by atoms with E-state index in [1.807, 2.05) is 6.07 Å². The monoisotopic (exact) mass is 311 g/mol. The number of hydrogen-bond acceptors (Lipinski definition) is 3. The molecule has 1 fully saturated rings. The molecule has 0 spiro atoms. The highest BCUT2D eigenvalue weighted by atomic mass is 16.4. The van der Waals surface area contributed by atoms with Crippen LogP contribution in [-0.4, -0.2) is 21.8 Å². The fourth-order valence-corrected chi connectivity index (χ4v) is 3.35. The number of hydrogen-bond donors (Lipinski definition) is 2. The Kier molecular flexibility index (Phi) is 4.02. The smallest absolute Gasteiger partial charge is 0.404 e. The maximum Gasteiger partial charge on any atom is 0.404 e. The molecule has 2 aromatic rings. The van der Waals surface area contributed by atoms with Gasteiger partial charge in [0.25, 0.3) is 5.56 Å². The zero-order chi connectivity index (χ0) is 16.4. The highest BCUT2D eigenvalue weighted by Gasteiger charge is 2.24. The number of rotatable bonds is 2. The molecular formula is C17H17N3O3. The van der Waals surface area contributed by atoms with Gasteiger partial charge < -0.3 is 15.0 Å². The van der Waals surface area contributed by atoms with E-state index in [0.717, 1.165) is 23.7 Å². The van der Waals surface area contributed by atoms with E-state index in [1.54, 1.807) is 28.8 Å². The van der Waals surface area contributed by atoms with E-state index >= 15 is 0 Å².